The molecule has 0 saturated heterocycles. The van der Waals surface area contributed by atoms with Gasteiger partial charge in [0.2, 0.25) is 0 Å². The molecule has 2 aromatic rings. The molecule has 0 radical (unpaired) electrons. The van der Waals surface area contributed by atoms with Crippen LogP contribution in [-0.4, -0.2) is 18.1 Å². The lowest BCUT2D eigenvalue weighted by molar-refractivity contribution is 0.588. The van der Waals surface area contributed by atoms with Crippen molar-refractivity contribution >= 4 is 28.6 Å². The van der Waals surface area contributed by atoms with Gasteiger partial charge in [0.25, 0.3) is 0 Å². The van der Waals surface area contributed by atoms with Crippen LogP contribution in [0.1, 0.15) is 30.1 Å². The summed E-state index contributed by atoms with van der Waals surface area (Å²) in [4.78, 5) is 6.74. The van der Waals surface area contributed by atoms with Crippen LogP contribution in [0.25, 0.3) is 0 Å². The van der Waals surface area contributed by atoms with E-state index in [1.54, 1.807) is 11.3 Å². The molecule has 0 saturated carbocycles. The van der Waals surface area contributed by atoms with Crippen molar-refractivity contribution in [2.24, 2.45) is 0 Å². The fraction of sp³-hybridized carbons (Fsp3) is 0.438. The first-order valence-electron chi connectivity index (χ1n) is 7.09. The van der Waals surface area contributed by atoms with Gasteiger partial charge in [0, 0.05) is 35.7 Å². The Morgan fingerprint density at radius 2 is 2.14 bits per heavy atom. The zero-order valence-corrected chi connectivity index (χ0v) is 14.6. The van der Waals surface area contributed by atoms with Gasteiger partial charge in [-0.2, -0.15) is 0 Å². The van der Waals surface area contributed by atoms with Crippen molar-refractivity contribution in [3.8, 4) is 0 Å². The van der Waals surface area contributed by atoms with Crippen LogP contribution >= 0.6 is 22.9 Å². The van der Waals surface area contributed by atoms with Crippen molar-refractivity contribution in [2.45, 2.75) is 39.9 Å². The van der Waals surface area contributed by atoms with E-state index in [1.807, 2.05) is 19.1 Å². The maximum absolute atomic E-state index is 6.17. The van der Waals surface area contributed by atoms with E-state index >= 15 is 0 Å². The van der Waals surface area contributed by atoms with Crippen molar-refractivity contribution in [2.75, 3.05) is 11.9 Å². The van der Waals surface area contributed by atoms with Crippen molar-refractivity contribution in [3.63, 3.8) is 0 Å². The summed E-state index contributed by atoms with van der Waals surface area (Å²) in [5, 5.41) is 7.44. The zero-order chi connectivity index (χ0) is 15.4. The molecule has 0 amide bonds. The standard InChI is InChI=1S/C16H22ClN3S/c1-11(2)18-8-13-5-6-14(17)7-16(13)20(4)9-15-10-21-12(3)19-15/h5-7,10-11,18H,8-9H2,1-4H3. The number of aromatic nitrogens is 1. The largest absolute Gasteiger partial charge is 0.368 e. The van der Waals surface area contributed by atoms with Crippen molar-refractivity contribution in [1.82, 2.24) is 10.3 Å². The van der Waals surface area contributed by atoms with Crippen LogP contribution in [0.3, 0.4) is 0 Å². The summed E-state index contributed by atoms with van der Waals surface area (Å²) < 4.78 is 0. The van der Waals surface area contributed by atoms with Gasteiger partial charge in [-0.1, -0.05) is 31.5 Å². The first-order chi connectivity index (χ1) is 9.95. The summed E-state index contributed by atoms with van der Waals surface area (Å²) in [5.41, 5.74) is 3.51. The molecule has 1 aromatic heterocycles. The summed E-state index contributed by atoms with van der Waals surface area (Å²) in [6, 6.07) is 6.53. The average Bonchev–Trinajstić information content (AvgIpc) is 2.82. The molecular weight excluding hydrogens is 302 g/mol. The van der Waals surface area contributed by atoms with E-state index in [2.05, 4.69) is 47.5 Å². The molecule has 0 fully saturated rings. The van der Waals surface area contributed by atoms with Crippen LogP contribution in [0.2, 0.25) is 5.02 Å². The Kier molecular flexibility index (Phi) is 5.62. The molecule has 0 bridgehead atoms. The van der Waals surface area contributed by atoms with E-state index in [0.717, 1.165) is 34.5 Å². The van der Waals surface area contributed by atoms with Gasteiger partial charge in [0.15, 0.2) is 0 Å². The molecule has 0 aliphatic rings. The van der Waals surface area contributed by atoms with Crippen LogP contribution in [0.4, 0.5) is 5.69 Å². The molecule has 0 aliphatic carbocycles. The number of nitrogens with one attached hydrogen (secondary N) is 1. The number of benzene rings is 1. The second-order valence-electron chi connectivity index (χ2n) is 5.52. The quantitative estimate of drug-likeness (QED) is 0.861. The Morgan fingerprint density at radius 1 is 1.38 bits per heavy atom. The monoisotopic (exact) mass is 323 g/mol. The molecular formula is C16H22ClN3S. The van der Waals surface area contributed by atoms with E-state index < -0.39 is 0 Å². The van der Waals surface area contributed by atoms with Crippen LogP contribution in [0.5, 0.6) is 0 Å². The number of hydrogen-bond acceptors (Lipinski definition) is 4. The minimum Gasteiger partial charge on any atom is -0.368 e. The topological polar surface area (TPSA) is 28.2 Å². The lowest BCUT2D eigenvalue weighted by atomic mass is 10.1. The third-order valence-corrected chi connectivity index (χ3v) is 4.28. The fourth-order valence-corrected chi connectivity index (χ4v) is 2.94. The highest BCUT2D eigenvalue weighted by Crippen LogP contribution is 2.25. The van der Waals surface area contributed by atoms with E-state index in [4.69, 9.17) is 11.6 Å². The number of hydrogen-bond donors (Lipinski definition) is 1. The molecule has 1 N–H and O–H groups in total. The molecule has 3 nitrogen and oxygen atoms in total. The SMILES string of the molecule is Cc1nc(CN(C)c2cc(Cl)ccc2CNC(C)C)cs1. The Morgan fingerprint density at radius 3 is 2.76 bits per heavy atom. The van der Waals surface area contributed by atoms with Gasteiger partial charge in [-0.05, 0) is 24.6 Å². The Bertz CT molecular complexity index is 595. The van der Waals surface area contributed by atoms with Crippen LogP contribution in [0, 0.1) is 6.92 Å². The van der Waals surface area contributed by atoms with E-state index in [-0.39, 0.29) is 0 Å². The van der Waals surface area contributed by atoms with Gasteiger partial charge in [-0.3, -0.25) is 0 Å². The smallest absolute Gasteiger partial charge is 0.0898 e. The third kappa shape index (κ3) is 4.70. The van der Waals surface area contributed by atoms with Crippen LogP contribution in [0.15, 0.2) is 23.6 Å². The number of aryl methyl sites for hydroxylation is 1. The van der Waals surface area contributed by atoms with Gasteiger partial charge in [-0.25, -0.2) is 4.98 Å². The number of nitrogens with zero attached hydrogens (tertiary/aromatic N) is 2. The molecule has 2 rings (SSSR count). The van der Waals surface area contributed by atoms with E-state index in [9.17, 15) is 0 Å². The second-order valence-corrected chi connectivity index (χ2v) is 7.02. The molecule has 0 atom stereocenters. The second kappa shape index (κ2) is 7.25. The van der Waals surface area contributed by atoms with E-state index in [1.165, 1.54) is 5.56 Å². The van der Waals surface area contributed by atoms with E-state index in [0.29, 0.717) is 6.04 Å². The molecule has 0 unspecified atom stereocenters. The van der Waals surface area contributed by atoms with Gasteiger partial charge in [-0.15, -0.1) is 11.3 Å². The third-order valence-electron chi connectivity index (χ3n) is 3.23. The minimum absolute atomic E-state index is 0.458. The van der Waals surface area contributed by atoms with Gasteiger partial charge in [0.05, 0.1) is 17.2 Å². The van der Waals surface area contributed by atoms with Crippen LogP contribution < -0.4 is 10.2 Å². The lowest BCUT2D eigenvalue weighted by Crippen LogP contribution is -2.24. The highest BCUT2D eigenvalue weighted by molar-refractivity contribution is 7.09. The molecule has 1 aromatic carbocycles. The molecule has 0 spiro atoms. The molecule has 114 valence electrons. The predicted molar refractivity (Wildman–Crippen MR) is 92.4 cm³/mol. The lowest BCUT2D eigenvalue weighted by Gasteiger charge is -2.23. The number of rotatable bonds is 6. The maximum Gasteiger partial charge on any atom is 0.0898 e. The summed E-state index contributed by atoms with van der Waals surface area (Å²) in [6.07, 6.45) is 0. The molecule has 1 heterocycles. The van der Waals surface area contributed by atoms with Crippen molar-refractivity contribution in [1.29, 1.82) is 0 Å². The number of anilines is 1. The number of halogens is 1. The maximum atomic E-state index is 6.17. The van der Waals surface area contributed by atoms with Gasteiger partial charge in [0.1, 0.15) is 0 Å². The van der Waals surface area contributed by atoms with Gasteiger partial charge >= 0.3 is 0 Å². The Labute approximate surface area is 136 Å². The molecule has 5 heteroatoms. The minimum atomic E-state index is 0.458. The van der Waals surface area contributed by atoms with Gasteiger partial charge < -0.3 is 10.2 Å². The van der Waals surface area contributed by atoms with Crippen LogP contribution in [-0.2, 0) is 13.1 Å². The van der Waals surface area contributed by atoms with Crippen molar-refractivity contribution < 1.29 is 0 Å². The summed E-state index contributed by atoms with van der Waals surface area (Å²) in [6.45, 7) is 7.96. The normalized spacial score (nSPS) is 11.1. The summed E-state index contributed by atoms with van der Waals surface area (Å²) in [7, 11) is 2.08. The molecule has 0 aliphatic heterocycles. The zero-order valence-electron chi connectivity index (χ0n) is 13.0. The summed E-state index contributed by atoms with van der Waals surface area (Å²) >= 11 is 7.86. The Hall–Kier alpha value is -1.10. The average molecular weight is 324 g/mol. The number of thiazole rings is 1. The molecule has 21 heavy (non-hydrogen) atoms. The highest BCUT2D eigenvalue weighted by atomic mass is 35.5. The Balaban J connectivity index is 2.17. The van der Waals surface area contributed by atoms with Crippen molar-refractivity contribution in [3.05, 3.63) is 44.9 Å². The summed E-state index contributed by atoms with van der Waals surface area (Å²) in [5.74, 6) is 0. The fourth-order valence-electron chi connectivity index (χ4n) is 2.16. The highest BCUT2D eigenvalue weighted by Gasteiger charge is 2.11. The predicted octanol–water partition coefficient (Wildman–Crippen LogP) is 4.24. The first-order valence-corrected chi connectivity index (χ1v) is 8.35. The first kappa shape index (κ1) is 16.3.